The van der Waals surface area contributed by atoms with E-state index in [1.54, 1.807) is 12.1 Å². The van der Waals surface area contributed by atoms with Gasteiger partial charge in [-0.15, -0.1) is 11.8 Å². The van der Waals surface area contributed by atoms with Gasteiger partial charge >= 0.3 is 5.97 Å². The Labute approximate surface area is 172 Å². The van der Waals surface area contributed by atoms with Gasteiger partial charge in [0.1, 0.15) is 5.82 Å². The molecule has 2 aromatic carbocycles. The minimum atomic E-state index is -0.590. The summed E-state index contributed by atoms with van der Waals surface area (Å²) in [6.45, 7) is -0.508. The third-order valence-electron chi connectivity index (χ3n) is 3.65. The van der Waals surface area contributed by atoms with Crippen molar-refractivity contribution in [1.82, 2.24) is 0 Å². The molecular formula is C20H18ClFN2O3S. The number of hydrogen-bond donors (Lipinski definition) is 0. The lowest BCUT2D eigenvalue weighted by Gasteiger charge is -2.22. The van der Waals surface area contributed by atoms with Gasteiger partial charge in [0.2, 0.25) is 0 Å². The maximum atomic E-state index is 14.0. The van der Waals surface area contributed by atoms with Gasteiger partial charge in [0, 0.05) is 17.2 Å². The molecule has 1 amide bonds. The van der Waals surface area contributed by atoms with Gasteiger partial charge in [0.25, 0.3) is 5.91 Å². The van der Waals surface area contributed by atoms with Crippen molar-refractivity contribution >= 4 is 40.9 Å². The highest BCUT2D eigenvalue weighted by molar-refractivity contribution is 7.99. The molecule has 28 heavy (non-hydrogen) atoms. The van der Waals surface area contributed by atoms with E-state index >= 15 is 0 Å². The maximum Gasteiger partial charge on any atom is 0.307 e. The summed E-state index contributed by atoms with van der Waals surface area (Å²) in [4.78, 5) is 26.3. The summed E-state index contributed by atoms with van der Waals surface area (Å²) in [6, 6.07) is 14.9. The number of amides is 1. The van der Waals surface area contributed by atoms with Crippen molar-refractivity contribution in [2.45, 2.75) is 17.7 Å². The van der Waals surface area contributed by atoms with Gasteiger partial charge in [0.15, 0.2) is 6.61 Å². The molecule has 0 aliphatic heterocycles. The molecule has 2 rings (SSSR count). The topological polar surface area (TPSA) is 70.4 Å². The highest BCUT2D eigenvalue weighted by atomic mass is 35.5. The second-order valence-electron chi connectivity index (χ2n) is 5.59. The van der Waals surface area contributed by atoms with Crippen LogP contribution in [0.1, 0.15) is 12.8 Å². The Kier molecular flexibility index (Phi) is 8.79. The number of anilines is 1. The number of esters is 1. The summed E-state index contributed by atoms with van der Waals surface area (Å²) in [5.74, 6) is -1.27. The van der Waals surface area contributed by atoms with Crippen molar-refractivity contribution in [2.24, 2.45) is 0 Å². The molecule has 0 aromatic heterocycles. The molecule has 0 heterocycles. The van der Waals surface area contributed by atoms with Crippen LogP contribution in [0, 0.1) is 17.1 Å². The van der Waals surface area contributed by atoms with Gasteiger partial charge in [-0.2, -0.15) is 5.26 Å². The Morgan fingerprint density at radius 1 is 1.18 bits per heavy atom. The smallest absolute Gasteiger partial charge is 0.307 e. The lowest BCUT2D eigenvalue weighted by atomic mass is 10.2. The Morgan fingerprint density at radius 2 is 1.89 bits per heavy atom. The highest BCUT2D eigenvalue weighted by Gasteiger charge is 2.20. The number of nitriles is 1. The number of thioether (sulfide) groups is 1. The van der Waals surface area contributed by atoms with Crippen LogP contribution in [0.5, 0.6) is 0 Å². The standard InChI is InChI=1S/C20H18ClFN2O3S/c21-15-6-1-4-9-18(15)28-13-10-20(26)27-14-19(25)24(12-5-11-23)17-8-3-2-7-16(17)22/h1-4,6-9H,5,10,12-14H2. The van der Waals surface area contributed by atoms with Crippen LogP contribution in [-0.4, -0.2) is 30.8 Å². The van der Waals surface area contributed by atoms with Crippen LogP contribution in [0.25, 0.3) is 0 Å². The van der Waals surface area contributed by atoms with Gasteiger partial charge in [0.05, 0.1) is 29.6 Å². The minimum absolute atomic E-state index is 0.0101. The molecule has 5 nitrogen and oxygen atoms in total. The number of ether oxygens (including phenoxy) is 1. The number of benzene rings is 2. The predicted molar refractivity (Wildman–Crippen MR) is 107 cm³/mol. The van der Waals surface area contributed by atoms with Crippen LogP contribution in [0.3, 0.4) is 0 Å². The quantitative estimate of drug-likeness (QED) is 0.442. The normalized spacial score (nSPS) is 10.2. The van der Waals surface area contributed by atoms with Crippen LogP contribution < -0.4 is 4.90 Å². The molecule has 0 spiro atoms. The van der Waals surface area contributed by atoms with E-state index < -0.39 is 24.3 Å². The Hall–Kier alpha value is -2.56. The molecule has 0 aliphatic carbocycles. The monoisotopic (exact) mass is 420 g/mol. The average molecular weight is 421 g/mol. The lowest BCUT2D eigenvalue weighted by Crippen LogP contribution is -2.36. The van der Waals surface area contributed by atoms with Gasteiger partial charge in [-0.05, 0) is 24.3 Å². The van der Waals surface area contributed by atoms with Crippen molar-refractivity contribution in [3.8, 4) is 6.07 Å². The first-order valence-electron chi connectivity index (χ1n) is 8.47. The van der Waals surface area contributed by atoms with Crippen LogP contribution >= 0.6 is 23.4 Å². The first-order valence-corrected chi connectivity index (χ1v) is 9.84. The number of carbonyl (C=O) groups excluding carboxylic acids is 2. The number of para-hydroxylation sites is 1. The molecule has 0 aliphatic rings. The van der Waals surface area contributed by atoms with Crippen LogP contribution in [0.2, 0.25) is 5.02 Å². The van der Waals surface area contributed by atoms with E-state index in [2.05, 4.69) is 0 Å². The first kappa shape index (κ1) is 21.7. The summed E-state index contributed by atoms with van der Waals surface area (Å²) in [5, 5.41) is 9.37. The zero-order chi connectivity index (χ0) is 20.4. The fourth-order valence-electron chi connectivity index (χ4n) is 2.31. The van der Waals surface area contributed by atoms with Crippen LogP contribution in [0.15, 0.2) is 53.4 Å². The van der Waals surface area contributed by atoms with Crippen molar-refractivity contribution in [3.63, 3.8) is 0 Å². The molecule has 0 fully saturated rings. The molecule has 0 saturated heterocycles. The number of halogens is 2. The molecule has 0 N–H and O–H groups in total. The predicted octanol–water partition coefficient (Wildman–Crippen LogP) is 4.45. The summed E-state index contributed by atoms with van der Waals surface area (Å²) in [5.41, 5.74) is 0.0491. The van der Waals surface area contributed by atoms with Crippen molar-refractivity contribution < 1.29 is 18.7 Å². The molecule has 0 radical (unpaired) electrons. The zero-order valence-corrected chi connectivity index (χ0v) is 16.5. The third-order valence-corrected chi connectivity index (χ3v) is 5.17. The van der Waals surface area contributed by atoms with Gasteiger partial charge in [-0.1, -0.05) is 35.9 Å². The van der Waals surface area contributed by atoms with Gasteiger partial charge < -0.3 is 9.64 Å². The van der Waals surface area contributed by atoms with Gasteiger partial charge in [-0.3, -0.25) is 9.59 Å². The Bertz CT molecular complexity index is 873. The Balaban J connectivity index is 1.86. The van der Waals surface area contributed by atoms with Crippen molar-refractivity contribution in [2.75, 3.05) is 23.8 Å². The molecule has 2 aromatic rings. The third kappa shape index (κ3) is 6.55. The second kappa shape index (κ2) is 11.3. The molecule has 0 atom stereocenters. The summed E-state index contributed by atoms with van der Waals surface area (Å²) in [7, 11) is 0. The van der Waals surface area contributed by atoms with E-state index in [0.29, 0.717) is 10.8 Å². The fourth-order valence-corrected chi connectivity index (χ4v) is 3.48. The van der Waals surface area contributed by atoms with E-state index in [1.165, 1.54) is 30.0 Å². The number of rotatable bonds is 9. The van der Waals surface area contributed by atoms with E-state index in [-0.39, 0.29) is 25.1 Å². The molecular weight excluding hydrogens is 403 g/mol. The van der Waals surface area contributed by atoms with E-state index in [1.807, 2.05) is 24.3 Å². The SMILES string of the molecule is N#CCCN(C(=O)COC(=O)CCSc1ccccc1Cl)c1ccccc1F. The second-order valence-corrected chi connectivity index (χ2v) is 7.14. The van der Waals surface area contributed by atoms with Gasteiger partial charge in [-0.25, -0.2) is 4.39 Å². The molecule has 0 saturated carbocycles. The largest absolute Gasteiger partial charge is 0.456 e. The first-order chi connectivity index (χ1) is 13.5. The molecule has 146 valence electrons. The molecule has 0 unspecified atom stereocenters. The van der Waals surface area contributed by atoms with E-state index in [0.717, 1.165) is 9.80 Å². The zero-order valence-electron chi connectivity index (χ0n) is 14.9. The maximum absolute atomic E-state index is 14.0. The Morgan fingerprint density at radius 3 is 2.61 bits per heavy atom. The minimum Gasteiger partial charge on any atom is -0.456 e. The lowest BCUT2D eigenvalue weighted by molar-refractivity contribution is -0.147. The average Bonchev–Trinajstić information content (AvgIpc) is 2.69. The van der Waals surface area contributed by atoms with Crippen LogP contribution in [0.4, 0.5) is 10.1 Å². The van der Waals surface area contributed by atoms with E-state index in [4.69, 9.17) is 21.6 Å². The molecule has 8 heteroatoms. The van der Waals surface area contributed by atoms with Crippen molar-refractivity contribution in [3.05, 3.63) is 59.4 Å². The number of nitrogens with zero attached hydrogens (tertiary/aromatic N) is 2. The summed E-state index contributed by atoms with van der Waals surface area (Å²) >= 11 is 7.46. The number of carbonyl (C=O) groups is 2. The highest BCUT2D eigenvalue weighted by Crippen LogP contribution is 2.27. The summed E-state index contributed by atoms with van der Waals surface area (Å²) in [6.07, 6.45) is 0.129. The van der Waals surface area contributed by atoms with Crippen LogP contribution in [-0.2, 0) is 14.3 Å². The summed E-state index contributed by atoms with van der Waals surface area (Å²) < 4.78 is 19.0. The number of hydrogen-bond acceptors (Lipinski definition) is 5. The van der Waals surface area contributed by atoms with Crippen molar-refractivity contribution in [1.29, 1.82) is 5.26 Å². The molecule has 0 bridgehead atoms. The fraction of sp³-hybridized carbons (Fsp3) is 0.250. The van der Waals surface area contributed by atoms with E-state index in [9.17, 15) is 14.0 Å².